The summed E-state index contributed by atoms with van der Waals surface area (Å²) in [6.07, 6.45) is 7.55. The van der Waals surface area contributed by atoms with Gasteiger partial charge in [0.2, 0.25) is 5.91 Å². The molecule has 0 aliphatic carbocycles. The minimum Gasteiger partial charge on any atom is -0.381 e. The number of carbonyl (C=O) groups is 1. The van der Waals surface area contributed by atoms with Crippen molar-refractivity contribution in [2.75, 3.05) is 32.8 Å². The van der Waals surface area contributed by atoms with Crippen molar-refractivity contribution in [2.24, 2.45) is 5.92 Å². The van der Waals surface area contributed by atoms with E-state index in [1.54, 1.807) is 0 Å². The molecule has 4 rings (SSSR count). The van der Waals surface area contributed by atoms with E-state index in [9.17, 15) is 4.79 Å². The fourth-order valence-corrected chi connectivity index (χ4v) is 4.53. The van der Waals surface area contributed by atoms with E-state index in [0.717, 1.165) is 45.7 Å². The van der Waals surface area contributed by atoms with E-state index in [-0.39, 0.29) is 17.4 Å². The average Bonchev–Trinajstić information content (AvgIpc) is 3.19. The van der Waals surface area contributed by atoms with Gasteiger partial charge >= 0.3 is 0 Å². The molecule has 3 aliphatic heterocycles. The summed E-state index contributed by atoms with van der Waals surface area (Å²) < 4.78 is 5.49. The molecular formula is C18H25N3O2. The van der Waals surface area contributed by atoms with Gasteiger partial charge in [0.05, 0.1) is 6.61 Å². The molecule has 4 heterocycles. The Kier molecular flexibility index (Phi) is 4.07. The Labute approximate surface area is 137 Å². The van der Waals surface area contributed by atoms with Gasteiger partial charge in [-0.2, -0.15) is 0 Å². The molecule has 5 heteroatoms. The number of likely N-dealkylation sites (tertiary alicyclic amines) is 1. The maximum Gasteiger partial charge on any atom is 0.221 e. The summed E-state index contributed by atoms with van der Waals surface area (Å²) in [6.45, 7) is 5.11. The van der Waals surface area contributed by atoms with Gasteiger partial charge < -0.3 is 15.0 Å². The van der Waals surface area contributed by atoms with Crippen LogP contribution in [0.1, 0.15) is 37.2 Å². The molecule has 0 bridgehead atoms. The standard InChI is InChI=1S/C18H25N3O2/c22-17-11-16(15-1-6-19-7-2-15)18(20-17)4-8-21(9-5-18)12-14-3-10-23-13-14/h1-2,6-7,14,16H,3-5,8-13H2,(H,20,22)/t14-,16-/m1/s1. The Morgan fingerprint density at radius 2 is 2.09 bits per heavy atom. The highest BCUT2D eigenvalue weighted by atomic mass is 16.5. The Bertz CT molecular complexity index is 549. The Morgan fingerprint density at radius 1 is 1.30 bits per heavy atom. The van der Waals surface area contributed by atoms with Crippen molar-refractivity contribution in [3.05, 3.63) is 30.1 Å². The number of hydrogen-bond donors (Lipinski definition) is 1. The Morgan fingerprint density at radius 3 is 2.78 bits per heavy atom. The summed E-state index contributed by atoms with van der Waals surface area (Å²) in [7, 11) is 0. The molecule has 0 aromatic carbocycles. The van der Waals surface area contributed by atoms with E-state index in [0.29, 0.717) is 12.3 Å². The highest BCUT2D eigenvalue weighted by Crippen LogP contribution is 2.43. The lowest BCUT2D eigenvalue weighted by atomic mass is 9.74. The van der Waals surface area contributed by atoms with E-state index in [1.165, 1.54) is 12.0 Å². The molecule has 23 heavy (non-hydrogen) atoms. The first kappa shape index (κ1) is 15.1. The predicted molar refractivity (Wildman–Crippen MR) is 87.1 cm³/mol. The summed E-state index contributed by atoms with van der Waals surface area (Å²) >= 11 is 0. The molecule has 3 saturated heterocycles. The molecule has 3 aliphatic rings. The lowest BCUT2D eigenvalue weighted by molar-refractivity contribution is -0.120. The van der Waals surface area contributed by atoms with E-state index >= 15 is 0 Å². The average molecular weight is 315 g/mol. The van der Waals surface area contributed by atoms with Crippen molar-refractivity contribution >= 4 is 5.91 Å². The molecule has 124 valence electrons. The smallest absolute Gasteiger partial charge is 0.221 e. The van der Waals surface area contributed by atoms with Crippen LogP contribution in [-0.4, -0.2) is 54.2 Å². The maximum atomic E-state index is 12.1. The van der Waals surface area contributed by atoms with Crippen molar-refractivity contribution in [3.63, 3.8) is 0 Å². The van der Waals surface area contributed by atoms with Crippen molar-refractivity contribution in [2.45, 2.75) is 37.1 Å². The molecule has 1 N–H and O–H groups in total. The van der Waals surface area contributed by atoms with Crippen molar-refractivity contribution < 1.29 is 9.53 Å². The monoisotopic (exact) mass is 315 g/mol. The van der Waals surface area contributed by atoms with Crippen LogP contribution in [0.15, 0.2) is 24.5 Å². The minimum atomic E-state index is -0.0545. The molecule has 1 amide bonds. The van der Waals surface area contributed by atoms with Gasteiger partial charge in [0, 0.05) is 56.5 Å². The number of pyridine rings is 1. The fraction of sp³-hybridized carbons (Fsp3) is 0.667. The molecule has 1 aromatic heterocycles. The van der Waals surface area contributed by atoms with Crippen LogP contribution in [0.4, 0.5) is 0 Å². The molecular weight excluding hydrogens is 290 g/mol. The molecule has 0 unspecified atom stereocenters. The van der Waals surface area contributed by atoms with Crippen LogP contribution in [-0.2, 0) is 9.53 Å². The third kappa shape index (κ3) is 3.00. The molecule has 3 fully saturated rings. The first-order valence-corrected chi connectivity index (χ1v) is 8.76. The number of aromatic nitrogens is 1. The number of piperidine rings is 1. The normalized spacial score (nSPS) is 30.7. The van der Waals surface area contributed by atoms with Gasteiger partial charge in [-0.3, -0.25) is 9.78 Å². The van der Waals surface area contributed by atoms with Gasteiger partial charge in [0.1, 0.15) is 0 Å². The molecule has 2 atom stereocenters. The molecule has 1 aromatic rings. The zero-order chi connectivity index (χ0) is 15.7. The second-order valence-electron chi connectivity index (χ2n) is 7.27. The SMILES string of the molecule is O=C1C[C@H](c2ccncc2)C2(CCN(C[C@H]3CCOC3)CC2)N1. The predicted octanol–water partition coefficient (Wildman–Crippen LogP) is 1.56. The van der Waals surface area contributed by atoms with Crippen molar-refractivity contribution in [1.29, 1.82) is 0 Å². The molecule has 0 radical (unpaired) electrons. The summed E-state index contributed by atoms with van der Waals surface area (Å²) in [5, 5.41) is 3.32. The van der Waals surface area contributed by atoms with Crippen LogP contribution < -0.4 is 5.32 Å². The summed E-state index contributed by atoms with van der Waals surface area (Å²) in [6, 6.07) is 4.13. The van der Waals surface area contributed by atoms with E-state index in [2.05, 4.69) is 27.3 Å². The van der Waals surface area contributed by atoms with Crippen LogP contribution in [0.2, 0.25) is 0 Å². The zero-order valence-corrected chi connectivity index (χ0v) is 13.5. The van der Waals surface area contributed by atoms with Crippen LogP contribution in [0.3, 0.4) is 0 Å². The van der Waals surface area contributed by atoms with Gasteiger partial charge in [-0.1, -0.05) is 0 Å². The largest absolute Gasteiger partial charge is 0.381 e. The number of amides is 1. The summed E-state index contributed by atoms with van der Waals surface area (Å²) in [5.74, 6) is 1.18. The second-order valence-corrected chi connectivity index (χ2v) is 7.27. The quantitative estimate of drug-likeness (QED) is 0.920. The van der Waals surface area contributed by atoms with Gasteiger partial charge in [-0.15, -0.1) is 0 Å². The number of rotatable bonds is 3. The van der Waals surface area contributed by atoms with Crippen LogP contribution in [0.25, 0.3) is 0 Å². The first-order chi connectivity index (χ1) is 11.3. The third-order valence-corrected chi connectivity index (χ3v) is 5.84. The number of ether oxygens (including phenoxy) is 1. The molecule has 0 saturated carbocycles. The second kappa shape index (κ2) is 6.21. The third-order valence-electron chi connectivity index (χ3n) is 5.84. The van der Waals surface area contributed by atoms with E-state index in [4.69, 9.17) is 4.74 Å². The van der Waals surface area contributed by atoms with E-state index in [1.807, 2.05) is 12.4 Å². The van der Waals surface area contributed by atoms with E-state index < -0.39 is 0 Å². The highest BCUT2D eigenvalue weighted by molar-refractivity contribution is 5.81. The van der Waals surface area contributed by atoms with Gasteiger partial charge in [-0.25, -0.2) is 0 Å². The minimum absolute atomic E-state index is 0.0545. The van der Waals surface area contributed by atoms with Crippen molar-refractivity contribution in [1.82, 2.24) is 15.2 Å². The summed E-state index contributed by atoms with van der Waals surface area (Å²) in [5.41, 5.74) is 1.19. The molecule has 1 spiro atoms. The van der Waals surface area contributed by atoms with Gasteiger partial charge in [0.15, 0.2) is 0 Å². The first-order valence-electron chi connectivity index (χ1n) is 8.76. The highest BCUT2D eigenvalue weighted by Gasteiger charge is 2.48. The van der Waals surface area contributed by atoms with Gasteiger partial charge in [0.25, 0.3) is 0 Å². The Hall–Kier alpha value is -1.46. The van der Waals surface area contributed by atoms with Crippen LogP contribution >= 0.6 is 0 Å². The van der Waals surface area contributed by atoms with Crippen LogP contribution in [0.5, 0.6) is 0 Å². The molecule has 5 nitrogen and oxygen atoms in total. The maximum absolute atomic E-state index is 12.1. The zero-order valence-electron chi connectivity index (χ0n) is 13.5. The van der Waals surface area contributed by atoms with Crippen molar-refractivity contribution in [3.8, 4) is 0 Å². The van der Waals surface area contributed by atoms with Gasteiger partial charge in [-0.05, 0) is 42.9 Å². The lowest BCUT2D eigenvalue weighted by Gasteiger charge is -2.43. The Balaban J connectivity index is 1.44. The fourth-order valence-electron chi connectivity index (χ4n) is 4.53. The topological polar surface area (TPSA) is 54.5 Å². The number of nitrogens with one attached hydrogen (secondary N) is 1. The number of nitrogens with zero attached hydrogens (tertiary/aromatic N) is 2. The lowest BCUT2D eigenvalue weighted by Crippen LogP contribution is -2.54. The number of carbonyl (C=O) groups excluding carboxylic acids is 1. The summed E-state index contributed by atoms with van der Waals surface area (Å²) in [4.78, 5) is 18.8. The number of hydrogen-bond acceptors (Lipinski definition) is 4. The van der Waals surface area contributed by atoms with Crippen LogP contribution in [0, 0.1) is 5.92 Å².